The summed E-state index contributed by atoms with van der Waals surface area (Å²) in [5.74, 6) is -0.462. The van der Waals surface area contributed by atoms with Crippen LogP contribution in [0.5, 0.6) is 0 Å². The Morgan fingerprint density at radius 2 is 1.88 bits per heavy atom. The summed E-state index contributed by atoms with van der Waals surface area (Å²) in [4.78, 5) is 2.27. The summed E-state index contributed by atoms with van der Waals surface area (Å²) in [5, 5.41) is 3.63. The molecule has 0 radical (unpaired) electrons. The molecule has 0 spiro atoms. The van der Waals surface area contributed by atoms with Gasteiger partial charge < -0.3 is 5.32 Å². The van der Waals surface area contributed by atoms with Crippen molar-refractivity contribution < 1.29 is 4.39 Å². The van der Waals surface area contributed by atoms with E-state index in [9.17, 15) is 4.39 Å². The Hall–Kier alpha value is -0.350. The lowest BCUT2D eigenvalue weighted by molar-refractivity contribution is 0.233. The van der Waals surface area contributed by atoms with Gasteiger partial charge in [0.1, 0.15) is 5.82 Å². The molecule has 1 heterocycles. The van der Waals surface area contributed by atoms with Gasteiger partial charge in [-0.3, -0.25) is 4.90 Å². The molecule has 0 aliphatic carbocycles. The lowest BCUT2D eigenvalue weighted by atomic mass is 10.2. The van der Waals surface area contributed by atoms with E-state index in [-0.39, 0.29) is 5.02 Å². The van der Waals surface area contributed by atoms with E-state index in [4.69, 9.17) is 23.2 Å². The molecule has 0 atom stereocenters. The van der Waals surface area contributed by atoms with Crippen LogP contribution in [0.1, 0.15) is 5.56 Å². The quantitative estimate of drug-likeness (QED) is 0.825. The molecule has 1 saturated heterocycles. The van der Waals surface area contributed by atoms with Gasteiger partial charge in [-0.25, -0.2) is 4.39 Å². The second-order valence-corrected chi connectivity index (χ2v) is 4.62. The molecule has 1 aliphatic rings. The van der Waals surface area contributed by atoms with Crippen LogP contribution in [0.15, 0.2) is 12.1 Å². The number of hydrogen-bond donors (Lipinski definition) is 1. The van der Waals surface area contributed by atoms with Crippen LogP contribution in [-0.4, -0.2) is 31.1 Å². The topological polar surface area (TPSA) is 15.3 Å². The average Bonchev–Trinajstić information content (AvgIpc) is 2.31. The molecule has 1 N–H and O–H groups in total. The van der Waals surface area contributed by atoms with E-state index in [1.807, 2.05) is 0 Å². The summed E-state index contributed by atoms with van der Waals surface area (Å²) in [6, 6.07) is 3.07. The van der Waals surface area contributed by atoms with Crippen LogP contribution in [0.3, 0.4) is 0 Å². The third kappa shape index (κ3) is 2.66. The number of nitrogens with one attached hydrogen (secondary N) is 1. The molecular formula is C11H13Cl2FN2. The van der Waals surface area contributed by atoms with E-state index in [1.54, 1.807) is 6.07 Å². The standard InChI is InChI=1S/C11H13Cl2FN2/c12-10-8(1-2-9(14)11(10)13)7-16-5-3-15-4-6-16/h1-2,15H,3-7H2. The van der Waals surface area contributed by atoms with Crippen molar-refractivity contribution in [3.8, 4) is 0 Å². The van der Waals surface area contributed by atoms with Crippen LogP contribution in [0, 0.1) is 5.82 Å². The van der Waals surface area contributed by atoms with E-state index in [0.29, 0.717) is 5.02 Å². The molecule has 0 amide bonds. The van der Waals surface area contributed by atoms with E-state index in [1.165, 1.54) is 6.07 Å². The fourth-order valence-corrected chi connectivity index (χ4v) is 2.20. The maximum Gasteiger partial charge on any atom is 0.143 e. The monoisotopic (exact) mass is 262 g/mol. The van der Waals surface area contributed by atoms with Crippen molar-refractivity contribution in [2.75, 3.05) is 26.2 Å². The zero-order valence-electron chi connectivity index (χ0n) is 8.77. The number of piperazine rings is 1. The molecule has 5 heteroatoms. The van der Waals surface area contributed by atoms with Gasteiger partial charge in [0.2, 0.25) is 0 Å². The Morgan fingerprint density at radius 3 is 2.56 bits per heavy atom. The van der Waals surface area contributed by atoms with E-state index >= 15 is 0 Å². The van der Waals surface area contributed by atoms with Crippen LogP contribution in [0.4, 0.5) is 4.39 Å². The average molecular weight is 263 g/mol. The molecule has 0 saturated carbocycles. The van der Waals surface area contributed by atoms with Gasteiger partial charge in [-0.2, -0.15) is 0 Å². The van der Waals surface area contributed by atoms with Crippen LogP contribution >= 0.6 is 23.2 Å². The first-order valence-corrected chi connectivity index (χ1v) is 5.99. The van der Waals surface area contributed by atoms with Crippen LogP contribution in [0.25, 0.3) is 0 Å². The van der Waals surface area contributed by atoms with Crippen molar-refractivity contribution >= 4 is 23.2 Å². The van der Waals surface area contributed by atoms with E-state index in [0.717, 1.165) is 38.3 Å². The minimum Gasteiger partial charge on any atom is -0.314 e. The second-order valence-electron chi connectivity index (χ2n) is 3.86. The predicted octanol–water partition coefficient (Wildman–Crippen LogP) is 2.54. The predicted molar refractivity (Wildman–Crippen MR) is 64.6 cm³/mol. The first kappa shape index (κ1) is 12.1. The summed E-state index contributed by atoms with van der Waals surface area (Å²) >= 11 is 11.8. The first-order valence-electron chi connectivity index (χ1n) is 5.24. The van der Waals surface area contributed by atoms with Crippen molar-refractivity contribution in [3.63, 3.8) is 0 Å². The Labute approximate surface area is 104 Å². The minimum atomic E-state index is -0.462. The number of hydrogen-bond acceptors (Lipinski definition) is 2. The van der Waals surface area contributed by atoms with Crippen molar-refractivity contribution in [1.82, 2.24) is 10.2 Å². The van der Waals surface area contributed by atoms with E-state index in [2.05, 4.69) is 10.2 Å². The number of benzene rings is 1. The van der Waals surface area contributed by atoms with Gasteiger partial charge in [-0.05, 0) is 11.6 Å². The number of rotatable bonds is 2. The highest BCUT2D eigenvalue weighted by molar-refractivity contribution is 6.42. The van der Waals surface area contributed by atoms with Gasteiger partial charge in [0, 0.05) is 32.7 Å². The SMILES string of the molecule is Fc1ccc(CN2CCNCC2)c(Cl)c1Cl. The summed E-state index contributed by atoms with van der Waals surface area (Å²) in [7, 11) is 0. The maximum atomic E-state index is 13.1. The Morgan fingerprint density at radius 1 is 1.19 bits per heavy atom. The van der Waals surface area contributed by atoms with Crippen molar-refractivity contribution in [2.24, 2.45) is 0 Å². The molecule has 2 rings (SSSR count). The molecule has 0 unspecified atom stereocenters. The smallest absolute Gasteiger partial charge is 0.143 e. The van der Waals surface area contributed by atoms with Crippen LogP contribution in [-0.2, 0) is 6.54 Å². The molecular weight excluding hydrogens is 250 g/mol. The fraction of sp³-hybridized carbons (Fsp3) is 0.455. The molecule has 1 aromatic carbocycles. The van der Waals surface area contributed by atoms with Gasteiger partial charge in [0.25, 0.3) is 0 Å². The normalized spacial score (nSPS) is 17.7. The molecule has 1 aliphatic heterocycles. The van der Waals surface area contributed by atoms with Crippen molar-refractivity contribution in [1.29, 1.82) is 0 Å². The molecule has 2 nitrogen and oxygen atoms in total. The van der Waals surface area contributed by atoms with Crippen molar-refractivity contribution in [2.45, 2.75) is 6.54 Å². The van der Waals surface area contributed by atoms with Gasteiger partial charge in [0.15, 0.2) is 0 Å². The summed E-state index contributed by atoms with van der Waals surface area (Å²) in [6.45, 7) is 4.64. The van der Waals surface area contributed by atoms with E-state index < -0.39 is 5.82 Å². The maximum absolute atomic E-state index is 13.1. The molecule has 0 aromatic heterocycles. The summed E-state index contributed by atoms with van der Waals surface area (Å²) in [5.41, 5.74) is 0.884. The Kier molecular flexibility index (Phi) is 4.03. The molecule has 88 valence electrons. The van der Waals surface area contributed by atoms with Crippen molar-refractivity contribution in [3.05, 3.63) is 33.6 Å². The summed E-state index contributed by atoms with van der Waals surface area (Å²) < 4.78 is 13.1. The highest BCUT2D eigenvalue weighted by atomic mass is 35.5. The minimum absolute atomic E-state index is 0.0225. The first-order chi connectivity index (χ1) is 7.68. The zero-order valence-corrected chi connectivity index (χ0v) is 10.3. The molecule has 0 bridgehead atoms. The third-order valence-electron chi connectivity index (χ3n) is 2.72. The summed E-state index contributed by atoms with van der Waals surface area (Å²) in [6.07, 6.45) is 0. The Balaban J connectivity index is 2.11. The molecule has 16 heavy (non-hydrogen) atoms. The molecule has 1 aromatic rings. The van der Waals surface area contributed by atoms with Gasteiger partial charge in [-0.15, -0.1) is 0 Å². The fourth-order valence-electron chi connectivity index (χ4n) is 1.80. The lowest BCUT2D eigenvalue weighted by Crippen LogP contribution is -2.42. The largest absolute Gasteiger partial charge is 0.314 e. The highest BCUT2D eigenvalue weighted by Gasteiger charge is 2.14. The van der Waals surface area contributed by atoms with Gasteiger partial charge in [-0.1, -0.05) is 29.3 Å². The molecule has 1 fully saturated rings. The number of halogens is 3. The van der Waals surface area contributed by atoms with Gasteiger partial charge >= 0.3 is 0 Å². The lowest BCUT2D eigenvalue weighted by Gasteiger charge is -2.27. The number of nitrogens with zero attached hydrogens (tertiary/aromatic N) is 1. The van der Waals surface area contributed by atoms with Crippen LogP contribution < -0.4 is 5.32 Å². The third-order valence-corrected chi connectivity index (χ3v) is 3.62. The van der Waals surface area contributed by atoms with Crippen LogP contribution in [0.2, 0.25) is 10.0 Å². The Bertz CT molecular complexity index is 378. The van der Waals surface area contributed by atoms with Gasteiger partial charge in [0.05, 0.1) is 10.0 Å². The zero-order chi connectivity index (χ0) is 11.5. The second kappa shape index (κ2) is 5.32. The highest BCUT2D eigenvalue weighted by Crippen LogP contribution is 2.29.